The average molecular weight is 322 g/mol. The molecule has 0 atom stereocenters. The van der Waals surface area contributed by atoms with Crippen LogP contribution in [0.1, 0.15) is 5.56 Å². The number of hydrogen-bond donors (Lipinski definition) is 2. The molecule has 0 radical (unpaired) electrons. The highest BCUT2D eigenvalue weighted by molar-refractivity contribution is 8.00. The topological polar surface area (TPSA) is 49.8 Å². The van der Waals surface area contributed by atoms with Crippen LogP contribution in [0, 0.1) is 0 Å². The van der Waals surface area contributed by atoms with Crippen molar-refractivity contribution in [3.05, 3.63) is 48.6 Å². The minimum absolute atomic E-state index is 0.528. The number of rotatable bonds is 6. The Hall–Kier alpha value is -1.44. The van der Waals surface area contributed by atoms with E-state index < -0.39 is 0 Å². The fourth-order valence-electron chi connectivity index (χ4n) is 1.34. The molecule has 0 saturated heterocycles. The highest BCUT2D eigenvalue weighted by Gasteiger charge is 2.06. The number of benzene rings is 1. The molecule has 1 heterocycles. The van der Waals surface area contributed by atoms with Gasteiger partial charge in [0.05, 0.1) is 0 Å². The second-order valence-corrected chi connectivity index (χ2v) is 6.38. The number of hydrogen-bond acceptors (Lipinski definition) is 5. The lowest BCUT2D eigenvalue weighted by molar-refractivity contribution is 1.01. The lowest BCUT2D eigenvalue weighted by atomic mass is 10.2. The normalized spacial score (nSPS) is 10.0. The van der Waals surface area contributed by atoms with Gasteiger partial charge in [-0.3, -0.25) is 0 Å². The van der Waals surface area contributed by atoms with E-state index in [1.54, 1.807) is 17.8 Å². The smallest absolute Gasteiger partial charge is 0.212 e. The molecule has 0 fully saturated rings. The third-order valence-electron chi connectivity index (χ3n) is 2.24. The van der Waals surface area contributed by atoms with E-state index in [4.69, 9.17) is 12.2 Å². The monoisotopic (exact) mass is 322 g/mol. The predicted molar refractivity (Wildman–Crippen MR) is 90.3 cm³/mol. The Bertz CT molecular complexity index is 568. The summed E-state index contributed by atoms with van der Waals surface area (Å²) < 4.78 is 0.919. The van der Waals surface area contributed by atoms with Gasteiger partial charge in [0.1, 0.15) is 0 Å². The number of anilines is 1. The zero-order chi connectivity index (χ0) is 14.2. The van der Waals surface area contributed by atoms with Crippen LogP contribution in [0.5, 0.6) is 0 Å². The zero-order valence-corrected chi connectivity index (χ0v) is 13.2. The number of thioether (sulfide) groups is 1. The van der Waals surface area contributed by atoms with Crippen molar-refractivity contribution in [3.63, 3.8) is 0 Å². The number of aromatic nitrogens is 2. The first-order valence-electron chi connectivity index (χ1n) is 5.94. The van der Waals surface area contributed by atoms with Crippen molar-refractivity contribution in [2.45, 2.75) is 10.1 Å². The number of nitrogens with one attached hydrogen (secondary N) is 2. The Kier molecular flexibility index (Phi) is 5.97. The summed E-state index contributed by atoms with van der Waals surface area (Å²) in [5.41, 5.74) is 1.27. The number of thiocarbonyl (C=S) groups is 1. The van der Waals surface area contributed by atoms with E-state index in [1.807, 2.05) is 18.2 Å². The maximum absolute atomic E-state index is 5.11. The molecule has 2 rings (SSSR count). The molecule has 0 bridgehead atoms. The van der Waals surface area contributed by atoms with Crippen LogP contribution >= 0.6 is 35.3 Å². The van der Waals surface area contributed by atoms with Gasteiger partial charge in [0.15, 0.2) is 9.45 Å². The van der Waals surface area contributed by atoms with Gasteiger partial charge in [-0.2, -0.15) is 0 Å². The van der Waals surface area contributed by atoms with Crippen LogP contribution < -0.4 is 10.6 Å². The molecule has 2 aromatic rings. The van der Waals surface area contributed by atoms with Crippen LogP contribution in [0.2, 0.25) is 0 Å². The van der Waals surface area contributed by atoms with Gasteiger partial charge in [-0.25, -0.2) is 0 Å². The van der Waals surface area contributed by atoms with Gasteiger partial charge in [0, 0.05) is 12.3 Å². The first-order valence-corrected chi connectivity index (χ1v) is 8.15. The highest BCUT2D eigenvalue weighted by atomic mass is 32.2. The van der Waals surface area contributed by atoms with Gasteiger partial charge >= 0.3 is 0 Å². The van der Waals surface area contributed by atoms with Gasteiger partial charge in [0.25, 0.3) is 0 Å². The molecule has 0 unspecified atom stereocenters. The average Bonchev–Trinajstić information content (AvgIpc) is 2.91. The molecule has 7 heteroatoms. The lowest BCUT2D eigenvalue weighted by Crippen LogP contribution is -2.28. The van der Waals surface area contributed by atoms with E-state index in [-0.39, 0.29) is 0 Å². The summed E-state index contributed by atoms with van der Waals surface area (Å²) in [4.78, 5) is 0. The van der Waals surface area contributed by atoms with Gasteiger partial charge in [-0.05, 0) is 17.8 Å². The summed E-state index contributed by atoms with van der Waals surface area (Å²) in [6.07, 6.45) is 1.75. The quantitative estimate of drug-likeness (QED) is 0.483. The first kappa shape index (κ1) is 15.0. The fourth-order valence-corrected chi connectivity index (χ4v) is 3.30. The van der Waals surface area contributed by atoms with Crippen LogP contribution in [0.25, 0.3) is 0 Å². The molecular weight excluding hydrogens is 308 g/mol. The standard InChI is InChI=1S/C13H14N4S3/c1-2-8-14-11(18)15-12-16-17-13(20-12)19-9-10-6-4-3-5-7-10/h2-7H,1,8-9H2,(H2,14,15,16,18). The zero-order valence-electron chi connectivity index (χ0n) is 10.7. The van der Waals surface area contributed by atoms with E-state index in [1.165, 1.54) is 16.9 Å². The summed E-state index contributed by atoms with van der Waals surface area (Å²) in [6, 6.07) is 10.3. The second kappa shape index (κ2) is 7.98. The SMILES string of the molecule is C=CCNC(=S)Nc1nnc(SCc2ccccc2)s1. The Morgan fingerprint density at radius 1 is 1.35 bits per heavy atom. The largest absolute Gasteiger partial charge is 0.359 e. The molecule has 20 heavy (non-hydrogen) atoms. The van der Waals surface area contributed by atoms with Crippen LogP contribution in [-0.4, -0.2) is 21.9 Å². The Morgan fingerprint density at radius 3 is 2.90 bits per heavy atom. The minimum Gasteiger partial charge on any atom is -0.359 e. The van der Waals surface area contributed by atoms with E-state index >= 15 is 0 Å². The van der Waals surface area contributed by atoms with Crippen LogP contribution in [0.15, 0.2) is 47.3 Å². The minimum atomic E-state index is 0.528. The summed E-state index contributed by atoms with van der Waals surface area (Å²) >= 11 is 8.27. The third-order valence-corrected chi connectivity index (χ3v) is 4.53. The fraction of sp³-hybridized carbons (Fsp3) is 0.154. The molecule has 1 aromatic heterocycles. The Morgan fingerprint density at radius 2 is 2.15 bits per heavy atom. The molecule has 0 spiro atoms. The molecule has 0 aliphatic rings. The van der Waals surface area contributed by atoms with Crippen molar-refractivity contribution in [3.8, 4) is 0 Å². The molecule has 0 aliphatic heterocycles. The Labute approximate surface area is 131 Å². The highest BCUT2D eigenvalue weighted by Crippen LogP contribution is 2.28. The first-order chi connectivity index (χ1) is 9.78. The Balaban J connectivity index is 1.83. The molecule has 0 aliphatic carbocycles. The lowest BCUT2D eigenvalue weighted by Gasteiger charge is -2.04. The summed E-state index contributed by atoms with van der Waals surface area (Å²) in [7, 11) is 0. The van der Waals surface area contributed by atoms with Gasteiger partial charge in [-0.1, -0.05) is 59.5 Å². The van der Waals surface area contributed by atoms with E-state index in [0.29, 0.717) is 16.8 Å². The molecular formula is C13H14N4S3. The van der Waals surface area contributed by atoms with Crippen molar-refractivity contribution in [2.75, 3.05) is 11.9 Å². The molecule has 0 saturated carbocycles. The van der Waals surface area contributed by atoms with Crippen molar-refractivity contribution in [2.24, 2.45) is 0 Å². The van der Waals surface area contributed by atoms with Crippen LogP contribution in [0.4, 0.5) is 5.13 Å². The molecule has 1 aromatic carbocycles. The van der Waals surface area contributed by atoms with Gasteiger partial charge < -0.3 is 10.6 Å². The van der Waals surface area contributed by atoms with Gasteiger partial charge in [-0.15, -0.1) is 16.8 Å². The summed E-state index contributed by atoms with van der Waals surface area (Å²) in [5, 5.41) is 15.4. The second-order valence-electron chi connectivity index (χ2n) is 3.77. The van der Waals surface area contributed by atoms with Crippen LogP contribution in [-0.2, 0) is 5.75 Å². The summed E-state index contributed by atoms with van der Waals surface area (Å²) in [6.45, 7) is 4.24. The summed E-state index contributed by atoms with van der Waals surface area (Å²) in [5.74, 6) is 0.884. The van der Waals surface area contributed by atoms with Crippen molar-refractivity contribution in [1.82, 2.24) is 15.5 Å². The molecule has 4 nitrogen and oxygen atoms in total. The van der Waals surface area contributed by atoms with E-state index in [2.05, 4.69) is 39.5 Å². The number of nitrogens with zero attached hydrogens (tertiary/aromatic N) is 2. The van der Waals surface area contributed by atoms with E-state index in [9.17, 15) is 0 Å². The molecule has 104 valence electrons. The van der Waals surface area contributed by atoms with Crippen molar-refractivity contribution < 1.29 is 0 Å². The third kappa shape index (κ3) is 4.92. The predicted octanol–water partition coefficient (Wildman–Crippen LogP) is 3.30. The molecule has 2 N–H and O–H groups in total. The van der Waals surface area contributed by atoms with Gasteiger partial charge in [0.2, 0.25) is 5.13 Å². The van der Waals surface area contributed by atoms with Crippen LogP contribution in [0.3, 0.4) is 0 Å². The van der Waals surface area contributed by atoms with E-state index in [0.717, 1.165) is 10.1 Å². The van der Waals surface area contributed by atoms with Crippen molar-refractivity contribution >= 4 is 45.6 Å². The van der Waals surface area contributed by atoms with Crippen molar-refractivity contribution in [1.29, 1.82) is 0 Å². The maximum Gasteiger partial charge on any atom is 0.212 e. The molecule has 0 amide bonds. The maximum atomic E-state index is 5.11.